The van der Waals surface area contributed by atoms with Crippen molar-refractivity contribution in [2.24, 2.45) is 5.41 Å². The van der Waals surface area contributed by atoms with E-state index in [0.29, 0.717) is 5.41 Å². The first-order valence-corrected chi connectivity index (χ1v) is 8.36. The molecule has 98 valence electrons. The van der Waals surface area contributed by atoms with Crippen molar-refractivity contribution in [1.29, 1.82) is 0 Å². The Morgan fingerprint density at radius 1 is 1.18 bits per heavy atom. The van der Waals surface area contributed by atoms with Crippen LogP contribution in [-0.2, 0) is 0 Å². The van der Waals surface area contributed by atoms with E-state index in [1.165, 1.54) is 50.3 Å². The minimum absolute atomic E-state index is 0.537. The molecule has 0 aromatic heterocycles. The van der Waals surface area contributed by atoms with E-state index < -0.39 is 0 Å². The Hall–Kier alpha value is 0.270. The lowest BCUT2D eigenvalue weighted by molar-refractivity contribution is 0.284. The lowest BCUT2D eigenvalue weighted by Crippen LogP contribution is -2.46. The van der Waals surface area contributed by atoms with Crippen LogP contribution < -0.4 is 5.32 Å². The van der Waals surface area contributed by atoms with Crippen LogP contribution in [0.15, 0.2) is 0 Å². The molecule has 0 aromatic rings. The summed E-state index contributed by atoms with van der Waals surface area (Å²) in [5.74, 6) is 2.66. The summed E-state index contributed by atoms with van der Waals surface area (Å²) in [7, 11) is 0. The second-order valence-electron chi connectivity index (χ2n) is 6.96. The van der Waals surface area contributed by atoms with Gasteiger partial charge in [0.2, 0.25) is 0 Å². The predicted octanol–water partition coefficient (Wildman–Crippen LogP) is 2.34. The molecule has 1 aliphatic carbocycles. The van der Waals surface area contributed by atoms with Crippen LogP contribution in [-0.4, -0.2) is 47.6 Å². The van der Waals surface area contributed by atoms with Gasteiger partial charge in [-0.25, -0.2) is 0 Å². The summed E-state index contributed by atoms with van der Waals surface area (Å²) in [5.41, 5.74) is 0.537. The summed E-state index contributed by atoms with van der Waals surface area (Å²) in [5, 5.41) is 3.92. The number of hydrogen-bond donors (Lipinski definition) is 1. The summed E-state index contributed by atoms with van der Waals surface area (Å²) >= 11 is 2.14. The molecule has 3 rings (SSSR count). The average Bonchev–Trinajstić information content (AvgIpc) is 2.99. The molecule has 3 aliphatic rings. The zero-order chi connectivity index (χ0) is 11.9. The van der Waals surface area contributed by atoms with Gasteiger partial charge in [-0.15, -0.1) is 0 Å². The molecule has 3 heteroatoms. The quantitative estimate of drug-likeness (QED) is 0.832. The predicted molar refractivity (Wildman–Crippen MR) is 75.6 cm³/mol. The molecule has 2 atom stereocenters. The van der Waals surface area contributed by atoms with Crippen molar-refractivity contribution in [1.82, 2.24) is 10.2 Å². The van der Waals surface area contributed by atoms with Crippen LogP contribution in [0, 0.1) is 5.41 Å². The highest BCUT2D eigenvalue weighted by Gasteiger charge is 2.36. The molecule has 2 unspecified atom stereocenters. The van der Waals surface area contributed by atoms with Crippen LogP contribution in [0.4, 0.5) is 0 Å². The van der Waals surface area contributed by atoms with E-state index in [0.717, 1.165) is 18.1 Å². The number of hydrogen-bond acceptors (Lipinski definition) is 3. The van der Waals surface area contributed by atoms with Gasteiger partial charge in [-0.3, -0.25) is 4.90 Å². The highest BCUT2D eigenvalue weighted by Crippen LogP contribution is 2.34. The Balaban J connectivity index is 1.47. The van der Waals surface area contributed by atoms with Gasteiger partial charge in [-0.2, -0.15) is 11.8 Å². The molecular weight excluding hydrogens is 228 g/mol. The lowest BCUT2D eigenvalue weighted by atomic mass is 9.87. The Morgan fingerprint density at radius 2 is 2.00 bits per heavy atom. The molecule has 17 heavy (non-hydrogen) atoms. The van der Waals surface area contributed by atoms with Gasteiger partial charge in [0.25, 0.3) is 0 Å². The summed E-state index contributed by atoms with van der Waals surface area (Å²) in [6, 6.07) is 2.49. The highest BCUT2D eigenvalue weighted by molar-refractivity contribution is 7.99. The highest BCUT2D eigenvalue weighted by atomic mass is 32.2. The molecule has 0 amide bonds. The van der Waals surface area contributed by atoms with Gasteiger partial charge >= 0.3 is 0 Å². The summed E-state index contributed by atoms with van der Waals surface area (Å²) in [6.07, 6.45) is 5.65. The molecule has 0 aromatic carbocycles. The molecule has 1 N–H and O–H groups in total. The molecule has 3 fully saturated rings. The third-order valence-corrected chi connectivity index (χ3v) is 5.99. The number of thioether (sulfide) groups is 1. The van der Waals surface area contributed by atoms with E-state index >= 15 is 0 Å². The zero-order valence-corrected chi connectivity index (χ0v) is 12.1. The van der Waals surface area contributed by atoms with Crippen LogP contribution in [0.1, 0.15) is 39.5 Å². The third-order valence-electron chi connectivity index (χ3n) is 4.37. The van der Waals surface area contributed by atoms with Crippen LogP contribution in [0.5, 0.6) is 0 Å². The molecule has 0 radical (unpaired) electrons. The van der Waals surface area contributed by atoms with E-state index in [2.05, 4.69) is 35.8 Å². The van der Waals surface area contributed by atoms with Crippen LogP contribution in [0.25, 0.3) is 0 Å². The molecule has 2 aliphatic heterocycles. The number of likely N-dealkylation sites (tertiary alicyclic amines) is 1. The Bertz CT molecular complexity index is 275. The number of nitrogens with one attached hydrogen (secondary N) is 1. The van der Waals surface area contributed by atoms with Crippen LogP contribution >= 0.6 is 11.8 Å². The average molecular weight is 254 g/mol. The maximum absolute atomic E-state index is 3.92. The van der Waals surface area contributed by atoms with Crippen molar-refractivity contribution in [3.05, 3.63) is 0 Å². The Labute approximate surface area is 110 Å². The van der Waals surface area contributed by atoms with Crippen molar-refractivity contribution >= 4 is 11.8 Å². The van der Waals surface area contributed by atoms with Gasteiger partial charge in [0.1, 0.15) is 0 Å². The second-order valence-corrected chi connectivity index (χ2v) is 7.99. The van der Waals surface area contributed by atoms with Crippen molar-refractivity contribution in [3.63, 3.8) is 0 Å². The minimum Gasteiger partial charge on any atom is -0.309 e. The van der Waals surface area contributed by atoms with Crippen LogP contribution in [0.3, 0.4) is 0 Å². The van der Waals surface area contributed by atoms with E-state index in [1.807, 2.05) is 0 Å². The molecule has 1 saturated carbocycles. The first-order chi connectivity index (χ1) is 8.12. The number of nitrogens with zero attached hydrogens (tertiary/aromatic N) is 1. The van der Waals surface area contributed by atoms with E-state index in [4.69, 9.17) is 0 Å². The first-order valence-electron chi connectivity index (χ1n) is 7.20. The lowest BCUT2D eigenvalue weighted by Gasteiger charge is -2.36. The van der Waals surface area contributed by atoms with Crippen molar-refractivity contribution in [2.75, 3.05) is 24.6 Å². The van der Waals surface area contributed by atoms with Crippen LogP contribution in [0.2, 0.25) is 0 Å². The van der Waals surface area contributed by atoms with Gasteiger partial charge in [0.05, 0.1) is 0 Å². The third kappa shape index (κ3) is 3.18. The monoisotopic (exact) mass is 254 g/mol. The normalized spacial score (nSPS) is 38.5. The Morgan fingerprint density at radius 3 is 2.71 bits per heavy atom. The van der Waals surface area contributed by atoms with E-state index in [-0.39, 0.29) is 0 Å². The van der Waals surface area contributed by atoms with Gasteiger partial charge in [0.15, 0.2) is 0 Å². The fraction of sp³-hybridized carbons (Fsp3) is 1.00. The summed E-state index contributed by atoms with van der Waals surface area (Å²) < 4.78 is 0. The van der Waals surface area contributed by atoms with Crippen molar-refractivity contribution in [2.45, 2.75) is 57.7 Å². The smallest absolute Gasteiger partial charge is 0.0210 e. The maximum Gasteiger partial charge on any atom is 0.0210 e. The van der Waals surface area contributed by atoms with Gasteiger partial charge in [0, 0.05) is 37.0 Å². The molecular formula is C14H26N2S. The van der Waals surface area contributed by atoms with E-state index in [9.17, 15) is 0 Å². The molecule has 0 bridgehead atoms. The summed E-state index contributed by atoms with van der Waals surface area (Å²) in [6.45, 7) is 7.48. The van der Waals surface area contributed by atoms with Crippen molar-refractivity contribution in [3.8, 4) is 0 Å². The van der Waals surface area contributed by atoms with Gasteiger partial charge in [-0.1, -0.05) is 13.8 Å². The SMILES string of the molecule is CC1(C)CSCC(NC2CCN(C3CC3)C2)C1. The molecule has 2 heterocycles. The molecule has 2 saturated heterocycles. The second kappa shape index (κ2) is 4.75. The molecule has 0 spiro atoms. The largest absolute Gasteiger partial charge is 0.309 e. The zero-order valence-electron chi connectivity index (χ0n) is 11.2. The molecule has 2 nitrogen and oxygen atoms in total. The van der Waals surface area contributed by atoms with E-state index in [1.54, 1.807) is 0 Å². The number of rotatable bonds is 3. The standard InChI is InChI=1S/C14H26N2S/c1-14(2)7-12(9-17-10-14)15-11-5-6-16(8-11)13-3-4-13/h11-13,15H,3-10H2,1-2H3. The first kappa shape index (κ1) is 12.3. The Kier molecular flexibility index (Phi) is 3.44. The van der Waals surface area contributed by atoms with Gasteiger partial charge in [-0.05, 0) is 36.9 Å². The van der Waals surface area contributed by atoms with Gasteiger partial charge < -0.3 is 5.32 Å². The minimum atomic E-state index is 0.537. The van der Waals surface area contributed by atoms with Crippen molar-refractivity contribution < 1.29 is 0 Å². The fourth-order valence-electron chi connectivity index (χ4n) is 3.40. The topological polar surface area (TPSA) is 15.3 Å². The summed E-state index contributed by atoms with van der Waals surface area (Å²) in [4.78, 5) is 2.71. The fourth-order valence-corrected chi connectivity index (χ4v) is 4.68. The maximum atomic E-state index is 3.92.